The summed E-state index contributed by atoms with van der Waals surface area (Å²) in [6.45, 7) is -0.262. The van der Waals surface area contributed by atoms with E-state index in [1.165, 1.54) is 0 Å². The van der Waals surface area contributed by atoms with Crippen molar-refractivity contribution < 1.29 is 19.1 Å². The zero-order valence-corrected chi connectivity index (χ0v) is 6.14. The van der Waals surface area contributed by atoms with Crippen LogP contribution in [0.2, 0.25) is 0 Å². The van der Waals surface area contributed by atoms with Crippen LogP contribution in [0.4, 0.5) is 0 Å². The molecule has 54 valence electrons. The molecule has 2 unspecified atom stereocenters. The van der Waals surface area contributed by atoms with Gasteiger partial charge in [-0.1, -0.05) is 0 Å². The summed E-state index contributed by atoms with van der Waals surface area (Å²) < 4.78 is 13.7. The topological polar surface area (TPSA) is 69.6 Å². The number of hydrogen-bond acceptors (Lipinski definition) is 4. The lowest BCUT2D eigenvalue weighted by molar-refractivity contribution is -0.187. The molecule has 0 aliphatic heterocycles. The van der Waals surface area contributed by atoms with Crippen LogP contribution in [-0.2, 0) is 9.09 Å². The van der Waals surface area contributed by atoms with Crippen molar-refractivity contribution in [1.82, 2.24) is 0 Å². The van der Waals surface area contributed by atoms with Gasteiger partial charge < -0.3 is 10.00 Å². The third kappa shape index (κ3) is 6.15. The Balaban J connectivity index is 3.16. The minimum Gasteiger partial charge on any atom is -0.566 e. The molecule has 0 aliphatic rings. The largest absolute Gasteiger partial charge is 0.566 e. The first-order valence-electron chi connectivity index (χ1n) is 2.18. The second-order valence-electron chi connectivity index (χ2n) is 1.33. The van der Waals surface area contributed by atoms with Crippen LogP contribution in [0.1, 0.15) is 0 Å². The Morgan fingerprint density at radius 2 is 2.44 bits per heavy atom. The molecular formula is C3H6ClO4P. The van der Waals surface area contributed by atoms with Crippen molar-refractivity contribution >= 4 is 19.9 Å². The van der Waals surface area contributed by atoms with Gasteiger partial charge in [-0.2, -0.15) is 0 Å². The molecule has 0 heterocycles. The monoisotopic (exact) mass is 172 g/mol. The predicted octanol–water partition coefficient (Wildman–Crippen LogP) is -0.380. The van der Waals surface area contributed by atoms with E-state index in [4.69, 9.17) is 16.7 Å². The highest BCUT2D eigenvalue weighted by molar-refractivity contribution is 7.30. The second-order valence-corrected chi connectivity index (χ2v) is 2.34. The van der Waals surface area contributed by atoms with E-state index in [9.17, 15) is 9.46 Å². The van der Waals surface area contributed by atoms with Gasteiger partial charge >= 0.3 is 8.25 Å². The lowest BCUT2D eigenvalue weighted by Gasteiger charge is -1.98. The molecule has 0 saturated heterocycles. The van der Waals surface area contributed by atoms with Crippen LogP contribution >= 0.6 is 19.9 Å². The first kappa shape index (κ1) is 9.27. The molecule has 0 aromatic rings. The molecule has 0 rings (SSSR count). The average Bonchev–Trinajstić information content (AvgIpc) is 1.83. The maximum atomic E-state index is 9.68. The molecule has 1 N–H and O–H groups in total. The number of alkyl halides is 1. The van der Waals surface area contributed by atoms with E-state index in [-0.39, 0.29) is 12.5 Å². The van der Waals surface area contributed by atoms with E-state index < -0.39 is 14.4 Å². The first-order valence-corrected chi connectivity index (χ1v) is 3.81. The zero-order valence-electron chi connectivity index (χ0n) is 4.49. The first-order chi connectivity index (χ1) is 4.16. The van der Waals surface area contributed by atoms with E-state index in [1.807, 2.05) is 0 Å². The molecule has 0 radical (unpaired) electrons. The van der Waals surface area contributed by atoms with Gasteiger partial charge in [0.25, 0.3) is 0 Å². The van der Waals surface area contributed by atoms with Crippen LogP contribution < -0.4 is 4.89 Å². The molecule has 0 aromatic heterocycles. The fourth-order valence-corrected chi connectivity index (χ4v) is 0.574. The fourth-order valence-electron chi connectivity index (χ4n) is 0.191. The van der Waals surface area contributed by atoms with Crippen molar-refractivity contribution in [3.05, 3.63) is 0 Å². The Hall–Kier alpha value is 0.270. The highest BCUT2D eigenvalue weighted by atomic mass is 35.5. The fraction of sp³-hybridized carbons (Fsp3) is 1.00. The quantitative estimate of drug-likeness (QED) is 0.464. The Kier molecular flexibility index (Phi) is 5.24. The van der Waals surface area contributed by atoms with Crippen LogP contribution in [0.15, 0.2) is 0 Å². The predicted molar refractivity (Wildman–Crippen MR) is 30.3 cm³/mol. The van der Waals surface area contributed by atoms with E-state index >= 15 is 0 Å². The van der Waals surface area contributed by atoms with E-state index in [0.717, 1.165) is 0 Å². The molecule has 0 amide bonds. The standard InChI is InChI=1S/C3H6ClO4P/c4-1-3(5)2-8-9(6)7/h3,5H,1-2H2. The van der Waals surface area contributed by atoms with Crippen molar-refractivity contribution in [3.63, 3.8) is 0 Å². The van der Waals surface area contributed by atoms with Crippen molar-refractivity contribution in [2.75, 3.05) is 12.5 Å². The average molecular weight is 173 g/mol. The molecule has 0 fully saturated rings. The minimum atomic E-state index is -2.86. The highest BCUT2D eigenvalue weighted by Crippen LogP contribution is 2.08. The molecule has 0 saturated carbocycles. The van der Waals surface area contributed by atoms with Crippen LogP contribution in [0.5, 0.6) is 0 Å². The summed E-state index contributed by atoms with van der Waals surface area (Å²) in [5, 5.41) is 8.58. The lowest BCUT2D eigenvalue weighted by atomic mass is 10.4. The van der Waals surface area contributed by atoms with Gasteiger partial charge in [0.2, 0.25) is 0 Å². The summed E-state index contributed by atoms with van der Waals surface area (Å²) in [6, 6.07) is 0. The van der Waals surface area contributed by atoms with Gasteiger partial charge in [0.05, 0.1) is 12.0 Å². The number of hydrogen-bond donors (Lipinski definition) is 1. The van der Waals surface area contributed by atoms with Crippen molar-refractivity contribution in [2.45, 2.75) is 6.10 Å². The Labute approximate surface area is 58.4 Å². The number of halogens is 1. The summed E-state index contributed by atoms with van der Waals surface area (Å²) in [7, 11) is -2.86. The summed E-state index contributed by atoms with van der Waals surface area (Å²) in [6.07, 6.45) is -0.903. The van der Waals surface area contributed by atoms with Crippen LogP contribution in [0.25, 0.3) is 0 Å². The highest BCUT2D eigenvalue weighted by Gasteiger charge is 2.07. The summed E-state index contributed by atoms with van der Waals surface area (Å²) in [5.74, 6) is -0.0246. The molecule has 6 heteroatoms. The van der Waals surface area contributed by atoms with Crippen LogP contribution in [-0.4, -0.2) is 23.7 Å². The van der Waals surface area contributed by atoms with Crippen LogP contribution in [0.3, 0.4) is 0 Å². The number of aliphatic hydroxyl groups excluding tert-OH is 1. The summed E-state index contributed by atoms with van der Waals surface area (Å²) in [4.78, 5) is 9.68. The maximum absolute atomic E-state index is 9.68. The molecule has 0 aromatic carbocycles. The summed E-state index contributed by atoms with van der Waals surface area (Å²) in [5.41, 5.74) is 0. The van der Waals surface area contributed by atoms with Crippen molar-refractivity contribution in [2.24, 2.45) is 0 Å². The van der Waals surface area contributed by atoms with Gasteiger partial charge in [-0.3, -0.25) is 0 Å². The van der Waals surface area contributed by atoms with Crippen LogP contribution in [0, 0.1) is 0 Å². The molecule has 4 nitrogen and oxygen atoms in total. The Morgan fingerprint density at radius 3 is 2.78 bits per heavy atom. The van der Waals surface area contributed by atoms with Crippen molar-refractivity contribution in [1.29, 1.82) is 0 Å². The molecule has 2 atom stereocenters. The molecule has 0 bridgehead atoms. The second kappa shape index (κ2) is 5.09. The summed E-state index contributed by atoms with van der Waals surface area (Å²) >= 11 is 5.11. The van der Waals surface area contributed by atoms with Gasteiger partial charge in [0, 0.05) is 0 Å². The molecule has 0 spiro atoms. The maximum Gasteiger partial charge on any atom is 0.488 e. The van der Waals surface area contributed by atoms with Gasteiger partial charge in [0.1, 0.15) is 6.61 Å². The van der Waals surface area contributed by atoms with Gasteiger partial charge in [-0.25, -0.2) is 0 Å². The lowest BCUT2D eigenvalue weighted by Crippen LogP contribution is -2.15. The Bertz CT molecular complexity index is 97.8. The van der Waals surface area contributed by atoms with Gasteiger partial charge in [0.15, 0.2) is 0 Å². The minimum absolute atomic E-state index is 0.0246. The van der Waals surface area contributed by atoms with E-state index in [0.29, 0.717) is 0 Å². The number of aliphatic hydroxyl groups is 1. The molecular weight excluding hydrogens is 166 g/mol. The zero-order chi connectivity index (χ0) is 7.28. The normalized spacial score (nSPS) is 15.2. The number of rotatable bonds is 4. The van der Waals surface area contributed by atoms with Gasteiger partial charge in [-0.05, 0) is 4.57 Å². The third-order valence-electron chi connectivity index (χ3n) is 0.550. The van der Waals surface area contributed by atoms with Crippen molar-refractivity contribution in [3.8, 4) is 0 Å². The van der Waals surface area contributed by atoms with Gasteiger partial charge in [-0.15, -0.1) is 16.1 Å². The van der Waals surface area contributed by atoms with E-state index in [2.05, 4.69) is 4.52 Å². The SMILES string of the molecule is O=[P+]([O-])OCC(O)CCl. The molecule has 9 heavy (non-hydrogen) atoms. The van der Waals surface area contributed by atoms with E-state index in [1.54, 1.807) is 0 Å². The Morgan fingerprint density at radius 1 is 1.89 bits per heavy atom. The molecule has 0 aliphatic carbocycles. The third-order valence-corrected chi connectivity index (χ3v) is 1.27. The smallest absolute Gasteiger partial charge is 0.488 e.